The number of aryl methyl sites for hydroxylation is 1. The zero-order valence-electron chi connectivity index (χ0n) is 11.6. The van der Waals surface area contributed by atoms with Crippen LogP contribution < -0.4 is 4.72 Å². The minimum absolute atomic E-state index is 0.0201. The van der Waals surface area contributed by atoms with Crippen LogP contribution in [0, 0.1) is 18.8 Å². The highest BCUT2D eigenvalue weighted by Crippen LogP contribution is 2.18. The standard InChI is InChI=1S/C14H19NO4S/c1-12-6-7-13(5-3-4-8-16)14(11-12)15-20(17,18)10-9-19-2/h6-7,11,15-16H,4,8-10H2,1-2H3. The van der Waals surface area contributed by atoms with Crippen molar-refractivity contribution >= 4 is 15.7 Å². The van der Waals surface area contributed by atoms with Gasteiger partial charge < -0.3 is 9.84 Å². The fraction of sp³-hybridized carbons (Fsp3) is 0.429. The maximum Gasteiger partial charge on any atom is 0.235 e. The first-order valence-electron chi connectivity index (χ1n) is 6.18. The fourth-order valence-electron chi connectivity index (χ4n) is 1.48. The normalized spacial score (nSPS) is 10.8. The van der Waals surface area contributed by atoms with Gasteiger partial charge in [0, 0.05) is 19.1 Å². The Kier molecular flexibility index (Phi) is 6.52. The van der Waals surface area contributed by atoms with Gasteiger partial charge in [-0.15, -0.1) is 0 Å². The molecule has 110 valence electrons. The van der Waals surface area contributed by atoms with Gasteiger partial charge in [-0.3, -0.25) is 4.72 Å². The topological polar surface area (TPSA) is 75.6 Å². The van der Waals surface area contributed by atoms with E-state index in [4.69, 9.17) is 9.84 Å². The Bertz CT molecular complexity index is 599. The molecule has 0 saturated carbocycles. The monoisotopic (exact) mass is 297 g/mol. The molecule has 0 atom stereocenters. The zero-order valence-corrected chi connectivity index (χ0v) is 12.5. The van der Waals surface area contributed by atoms with E-state index in [2.05, 4.69) is 16.6 Å². The fourth-order valence-corrected chi connectivity index (χ4v) is 2.47. The number of rotatable bonds is 6. The average molecular weight is 297 g/mol. The van der Waals surface area contributed by atoms with Gasteiger partial charge >= 0.3 is 0 Å². The van der Waals surface area contributed by atoms with Gasteiger partial charge in [0.05, 0.1) is 24.7 Å². The van der Waals surface area contributed by atoms with Crippen LogP contribution in [0.2, 0.25) is 0 Å². The van der Waals surface area contributed by atoms with Crippen molar-refractivity contribution in [3.05, 3.63) is 29.3 Å². The molecule has 0 saturated heterocycles. The molecule has 0 heterocycles. The maximum absolute atomic E-state index is 11.9. The second-order valence-corrected chi connectivity index (χ2v) is 6.08. The van der Waals surface area contributed by atoms with Gasteiger partial charge in [0.25, 0.3) is 0 Å². The van der Waals surface area contributed by atoms with Crippen LogP contribution in [0.4, 0.5) is 5.69 Å². The van der Waals surface area contributed by atoms with Crippen molar-refractivity contribution in [2.75, 3.05) is 30.8 Å². The molecule has 0 radical (unpaired) electrons. The number of methoxy groups -OCH3 is 1. The third kappa shape index (κ3) is 5.61. The summed E-state index contributed by atoms with van der Waals surface area (Å²) < 4.78 is 31.0. The molecule has 0 bridgehead atoms. The maximum atomic E-state index is 11.9. The first-order chi connectivity index (χ1) is 9.48. The molecule has 2 N–H and O–H groups in total. The van der Waals surface area contributed by atoms with Crippen LogP contribution >= 0.6 is 0 Å². The van der Waals surface area contributed by atoms with Crippen molar-refractivity contribution in [3.8, 4) is 11.8 Å². The van der Waals surface area contributed by atoms with Crippen molar-refractivity contribution < 1.29 is 18.3 Å². The lowest BCUT2D eigenvalue weighted by Crippen LogP contribution is -2.20. The number of ether oxygens (including phenoxy) is 1. The largest absolute Gasteiger partial charge is 0.395 e. The summed E-state index contributed by atoms with van der Waals surface area (Å²) in [5.41, 5.74) is 1.97. The van der Waals surface area contributed by atoms with Crippen LogP contribution in [0.15, 0.2) is 18.2 Å². The highest BCUT2D eigenvalue weighted by atomic mass is 32.2. The van der Waals surface area contributed by atoms with Crippen molar-refractivity contribution in [1.29, 1.82) is 0 Å². The summed E-state index contributed by atoms with van der Waals surface area (Å²) in [6.45, 7) is 1.98. The van der Waals surface area contributed by atoms with E-state index >= 15 is 0 Å². The molecule has 1 aromatic rings. The van der Waals surface area contributed by atoms with Crippen LogP contribution in [-0.2, 0) is 14.8 Å². The number of benzene rings is 1. The molecule has 0 amide bonds. The minimum atomic E-state index is -3.46. The molecule has 1 aromatic carbocycles. The number of hydrogen-bond acceptors (Lipinski definition) is 4. The van der Waals surface area contributed by atoms with E-state index in [1.54, 1.807) is 12.1 Å². The van der Waals surface area contributed by atoms with Gasteiger partial charge in [-0.25, -0.2) is 8.42 Å². The van der Waals surface area contributed by atoms with Crippen molar-refractivity contribution in [2.45, 2.75) is 13.3 Å². The summed E-state index contributed by atoms with van der Waals surface area (Å²) in [4.78, 5) is 0. The molecule has 1 rings (SSSR count). The molecular formula is C14H19NO4S. The molecule has 6 heteroatoms. The lowest BCUT2D eigenvalue weighted by molar-refractivity contribution is 0.217. The van der Waals surface area contributed by atoms with E-state index in [0.29, 0.717) is 17.7 Å². The Morgan fingerprint density at radius 1 is 1.40 bits per heavy atom. The van der Waals surface area contributed by atoms with Crippen molar-refractivity contribution in [1.82, 2.24) is 0 Å². The Balaban J connectivity index is 2.99. The van der Waals surface area contributed by atoms with E-state index in [9.17, 15) is 8.42 Å². The third-order valence-corrected chi connectivity index (χ3v) is 3.69. The molecule has 0 aliphatic heterocycles. The zero-order chi connectivity index (χ0) is 15.0. The molecule has 0 aromatic heterocycles. The quantitative estimate of drug-likeness (QED) is 0.772. The van der Waals surface area contributed by atoms with Gasteiger partial charge in [-0.2, -0.15) is 0 Å². The molecule has 0 fully saturated rings. The van der Waals surface area contributed by atoms with Crippen molar-refractivity contribution in [3.63, 3.8) is 0 Å². The third-order valence-electron chi connectivity index (χ3n) is 2.46. The summed E-state index contributed by atoms with van der Waals surface area (Å²) in [6, 6.07) is 5.34. The van der Waals surface area contributed by atoms with Crippen LogP contribution in [0.25, 0.3) is 0 Å². The SMILES string of the molecule is COCCS(=O)(=O)Nc1cc(C)ccc1C#CCCO. The molecular weight excluding hydrogens is 278 g/mol. The predicted molar refractivity (Wildman–Crippen MR) is 79.0 cm³/mol. The van der Waals surface area contributed by atoms with Crippen LogP contribution in [-0.4, -0.2) is 39.6 Å². The summed E-state index contributed by atoms with van der Waals surface area (Å²) in [5.74, 6) is 5.52. The van der Waals surface area contributed by atoms with Gasteiger partial charge in [-0.05, 0) is 24.6 Å². The van der Waals surface area contributed by atoms with Gasteiger partial charge in [-0.1, -0.05) is 17.9 Å². The first kappa shape index (κ1) is 16.5. The van der Waals surface area contributed by atoms with E-state index in [1.807, 2.05) is 13.0 Å². The molecule has 5 nitrogen and oxygen atoms in total. The summed E-state index contributed by atoms with van der Waals surface area (Å²) in [5, 5.41) is 8.71. The highest BCUT2D eigenvalue weighted by molar-refractivity contribution is 7.92. The molecule has 20 heavy (non-hydrogen) atoms. The van der Waals surface area contributed by atoms with Gasteiger partial charge in [0.15, 0.2) is 0 Å². The Morgan fingerprint density at radius 3 is 2.80 bits per heavy atom. The molecule has 0 spiro atoms. The predicted octanol–water partition coefficient (Wildman–Crippen LogP) is 1.12. The number of aliphatic hydroxyl groups excluding tert-OH is 1. The molecule has 0 aliphatic rings. The number of anilines is 1. The number of aliphatic hydroxyl groups is 1. The van der Waals surface area contributed by atoms with E-state index < -0.39 is 10.0 Å². The highest BCUT2D eigenvalue weighted by Gasteiger charge is 2.12. The Hall–Kier alpha value is -1.55. The summed E-state index contributed by atoms with van der Waals surface area (Å²) >= 11 is 0. The molecule has 0 unspecified atom stereocenters. The number of sulfonamides is 1. The lowest BCUT2D eigenvalue weighted by Gasteiger charge is -2.10. The summed E-state index contributed by atoms with van der Waals surface area (Å²) in [7, 11) is -2.01. The smallest absolute Gasteiger partial charge is 0.235 e. The second-order valence-electron chi connectivity index (χ2n) is 4.24. The van der Waals surface area contributed by atoms with E-state index in [-0.39, 0.29) is 19.0 Å². The number of nitrogens with one attached hydrogen (secondary N) is 1. The minimum Gasteiger partial charge on any atom is -0.395 e. The van der Waals surface area contributed by atoms with E-state index in [1.165, 1.54) is 7.11 Å². The Labute approximate surface area is 120 Å². The summed E-state index contributed by atoms with van der Waals surface area (Å²) in [6.07, 6.45) is 0.351. The number of hydrogen-bond donors (Lipinski definition) is 2. The van der Waals surface area contributed by atoms with Gasteiger partial charge in [0.1, 0.15) is 0 Å². The van der Waals surface area contributed by atoms with Crippen molar-refractivity contribution in [2.24, 2.45) is 0 Å². The average Bonchev–Trinajstić information content (AvgIpc) is 2.39. The lowest BCUT2D eigenvalue weighted by atomic mass is 10.1. The van der Waals surface area contributed by atoms with Crippen LogP contribution in [0.1, 0.15) is 17.5 Å². The van der Waals surface area contributed by atoms with Crippen LogP contribution in [0.5, 0.6) is 0 Å². The van der Waals surface area contributed by atoms with Gasteiger partial charge in [0.2, 0.25) is 10.0 Å². The Morgan fingerprint density at radius 2 is 2.15 bits per heavy atom. The molecule has 0 aliphatic carbocycles. The van der Waals surface area contributed by atoms with E-state index in [0.717, 1.165) is 5.56 Å². The second kappa shape index (κ2) is 7.90. The van der Waals surface area contributed by atoms with Crippen LogP contribution in [0.3, 0.4) is 0 Å². The first-order valence-corrected chi connectivity index (χ1v) is 7.83.